The second kappa shape index (κ2) is 7.96. The second-order valence-corrected chi connectivity index (χ2v) is 8.35. The Morgan fingerprint density at radius 1 is 0.969 bits per heavy atom. The summed E-state index contributed by atoms with van der Waals surface area (Å²) in [5, 5.41) is 0. The minimum atomic E-state index is 0.0142. The Labute approximate surface area is 187 Å². The molecule has 5 rings (SSSR count). The number of aromatic nitrogens is 4. The predicted molar refractivity (Wildman–Crippen MR) is 126 cm³/mol. The minimum Gasteiger partial charge on any atom is -0.364 e. The molecule has 0 spiro atoms. The van der Waals surface area contributed by atoms with Gasteiger partial charge in [0.05, 0.1) is 30.7 Å². The fraction of sp³-hybridized carbons (Fsp3) is 0.192. The fourth-order valence-corrected chi connectivity index (χ4v) is 3.93. The van der Waals surface area contributed by atoms with E-state index in [4.69, 9.17) is 4.98 Å². The SMILES string of the molecule is Cc1ncc(C(=O)CN2C=Cc3nc(-c4ccc(-c5ccc(C)c(C)c5)cc4)[nH]c3C2)[nH]1. The zero-order chi connectivity index (χ0) is 22.2. The van der Waals surface area contributed by atoms with E-state index in [9.17, 15) is 4.79 Å². The van der Waals surface area contributed by atoms with Crippen LogP contribution in [0.2, 0.25) is 0 Å². The van der Waals surface area contributed by atoms with Crippen molar-refractivity contribution in [3.63, 3.8) is 0 Å². The van der Waals surface area contributed by atoms with Gasteiger partial charge in [-0.3, -0.25) is 4.79 Å². The maximum absolute atomic E-state index is 12.5. The van der Waals surface area contributed by atoms with Crippen LogP contribution in [0.4, 0.5) is 0 Å². The number of carbonyl (C=O) groups excluding carboxylic acids is 1. The number of rotatable bonds is 5. The summed E-state index contributed by atoms with van der Waals surface area (Å²) < 4.78 is 0. The van der Waals surface area contributed by atoms with Crippen molar-refractivity contribution in [2.45, 2.75) is 27.3 Å². The molecule has 1 aliphatic rings. The normalized spacial score (nSPS) is 12.8. The van der Waals surface area contributed by atoms with Crippen molar-refractivity contribution < 1.29 is 4.79 Å². The Morgan fingerprint density at radius 3 is 2.44 bits per heavy atom. The van der Waals surface area contributed by atoms with Crippen LogP contribution in [-0.4, -0.2) is 37.2 Å². The van der Waals surface area contributed by atoms with Crippen molar-refractivity contribution in [3.05, 3.63) is 88.9 Å². The number of imidazole rings is 2. The standard InChI is InChI=1S/C26H25N5O/c1-16-4-5-21(12-17(16)2)19-6-8-20(9-7-19)26-29-22-10-11-31(14-24(22)30-26)15-25(32)23-13-27-18(3)28-23/h4-13H,14-15H2,1-3H3,(H,27,28)(H,29,30). The van der Waals surface area contributed by atoms with Crippen molar-refractivity contribution in [1.82, 2.24) is 24.8 Å². The highest BCUT2D eigenvalue weighted by Crippen LogP contribution is 2.27. The summed E-state index contributed by atoms with van der Waals surface area (Å²) in [7, 11) is 0. The fourth-order valence-electron chi connectivity index (χ4n) is 3.93. The second-order valence-electron chi connectivity index (χ2n) is 8.35. The Bertz CT molecular complexity index is 1330. The molecule has 0 bridgehead atoms. The molecule has 0 radical (unpaired) electrons. The lowest BCUT2D eigenvalue weighted by atomic mass is 9.99. The zero-order valence-corrected chi connectivity index (χ0v) is 18.4. The van der Waals surface area contributed by atoms with Gasteiger partial charge in [0.25, 0.3) is 0 Å². The first kappa shape index (κ1) is 20.0. The molecule has 0 aliphatic carbocycles. The number of aryl methyl sites for hydroxylation is 3. The lowest BCUT2D eigenvalue weighted by Crippen LogP contribution is -2.27. The highest BCUT2D eigenvalue weighted by molar-refractivity contribution is 5.95. The number of H-pyrrole nitrogens is 2. The van der Waals surface area contributed by atoms with E-state index in [0.29, 0.717) is 12.2 Å². The molecular formula is C26H25N5O. The smallest absolute Gasteiger partial charge is 0.199 e. The maximum atomic E-state index is 12.5. The van der Waals surface area contributed by atoms with Crippen LogP contribution in [0.1, 0.15) is 38.8 Å². The molecule has 0 fully saturated rings. The highest BCUT2D eigenvalue weighted by Gasteiger charge is 2.19. The molecule has 2 aromatic heterocycles. The van der Waals surface area contributed by atoms with E-state index in [0.717, 1.165) is 28.6 Å². The van der Waals surface area contributed by atoms with Crippen LogP contribution >= 0.6 is 0 Å². The molecule has 0 amide bonds. The van der Waals surface area contributed by atoms with Gasteiger partial charge in [0, 0.05) is 11.8 Å². The molecular weight excluding hydrogens is 398 g/mol. The zero-order valence-electron chi connectivity index (χ0n) is 18.4. The van der Waals surface area contributed by atoms with E-state index < -0.39 is 0 Å². The lowest BCUT2D eigenvalue weighted by Gasteiger charge is -2.21. The number of aromatic amines is 2. The quantitative estimate of drug-likeness (QED) is 0.440. The third-order valence-electron chi connectivity index (χ3n) is 5.96. The number of ketones is 1. The van der Waals surface area contributed by atoms with Crippen LogP contribution < -0.4 is 0 Å². The number of nitrogens with zero attached hydrogens (tertiary/aromatic N) is 3. The summed E-state index contributed by atoms with van der Waals surface area (Å²) in [6, 6.07) is 15.0. The minimum absolute atomic E-state index is 0.0142. The Kier molecular flexibility index (Phi) is 4.98. The Hall–Kier alpha value is -3.93. The number of nitrogens with one attached hydrogen (secondary N) is 2. The first-order valence-electron chi connectivity index (χ1n) is 10.7. The van der Waals surface area contributed by atoms with Crippen molar-refractivity contribution in [3.8, 4) is 22.5 Å². The summed E-state index contributed by atoms with van der Waals surface area (Å²) in [6.07, 6.45) is 5.47. The van der Waals surface area contributed by atoms with Gasteiger partial charge in [0.2, 0.25) is 0 Å². The van der Waals surface area contributed by atoms with Gasteiger partial charge >= 0.3 is 0 Å². The van der Waals surface area contributed by atoms with Crippen LogP contribution in [0.15, 0.2) is 54.9 Å². The number of benzene rings is 2. The van der Waals surface area contributed by atoms with E-state index >= 15 is 0 Å². The number of fused-ring (bicyclic) bond motifs is 1. The van der Waals surface area contributed by atoms with E-state index in [-0.39, 0.29) is 12.3 Å². The Balaban J connectivity index is 1.31. The molecule has 3 heterocycles. The van der Waals surface area contributed by atoms with Crippen LogP contribution in [0.25, 0.3) is 28.6 Å². The molecule has 6 heteroatoms. The molecule has 2 aromatic carbocycles. The molecule has 4 aromatic rings. The largest absolute Gasteiger partial charge is 0.364 e. The van der Waals surface area contributed by atoms with Crippen molar-refractivity contribution in [2.75, 3.05) is 6.54 Å². The molecule has 6 nitrogen and oxygen atoms in total. The lowest BCUT2D eigenvalue weighted by molar-refractivity contribution is 0.0947. The highest BCUT2D eigenvalue weighted by atomic mass is 16.1. The van der Waals surface area contributed by atoms with Crippen LogP contribution in [0, 0.1) is 20.8 Å². The maximum Gasteiger partial charge on any atom is 0.199 e. The van der Waals surface area contributed by atoms with Crippen LogP contribution in [0.5, 0.6) is 0 Å². The van der Waals surface area contributed by atoms with Gasteiger partial charge in [0.1, 0.15) is 17.3 Å². The van der Waals surface area contributed by atoms with E-state index in [2.05, 4.69) is 71.3 Å². The molecule has 2 N–H and O–H groups in total. The summed E-state index contributed by atoms with van der Waals surface area (Å²) in [5.41, 5.74) is 8.50. The monoisotopic (exact) mass is 423 g/mol. The summed E-state index contributed by atoms with van der Waals surface area (Å²) >= 11 is 0. The average Bonchev–Trinajstić information content (AvgIpc) is 3.42. The predicted octanol–water partition coefficient (Wildman–Crippen LogP) is 5.06. The van der Waals surface area contributed by atoms with Crippen molar-refractivity contribution >= 4 is 11.9 Å². The van der Waals surface area contributed by atoms with Gasteiger partial charge in [-0.2, -0.15) is 0 Å². The number of carbonyl (C=O) groups is 1. The molecule has 160 valence electrons. The number of hydrogen-bond donors (Lipinski definition) is 2. The number of hydrogen-bond acceptors (Lipinski definition) is 4. The van der Waals surface area contributed by atoms with E-state index in [1.807, 2.05) is 24.1 Å². The molecule has 0 atom stereocenters. The van der Waals surface area contributed by atoms with E-state index in [1.165, 1.54) is 22.3 Å². The van der Waals surface area contributed by atoms with Crippen LogP contribution in [0.3, 0.4) is 0 Å². The Morgan fingerprint density at radius 2 is 1.72 bits per heavy atom. The summed E-state index contributed by atoms with van der Waals surface area (Å²) in [4.78, 5) is 29.8. The molecule has 1 aliphatic heterocycles. The topological polar surface area (TPSA) is 77.7 Å². The molecule has 0 unspecified atom stereocenters. The van der Waals surface area contributed by atoms with E-state index in [1.54, 1.807) is 6.20 Å². The van der Waals surface area contributed by atoms with Gasteiger partial charge < -0.3 is 14.9 Å². The molecule has 32 heavy (non-hydrogen) atoms. The number of Topliss-reactive ketones (excluding diaryl/α,β-unsaturated/α-hetero) is 1. The summed E-state index contributed by atoms with van der Waals surface area (Å²) in [5.74, 6) is 1.59. The summed E-state index contributed by atoms with van der Waals surface area (Å²) in [6.45, 7) is 7.00. The van der Waals surface area contributed by atoms with Gasteiger partial charge in [-0.15, -0.1) is 0 Å². The van der Waals surface area contributed by atoms with Gasteiger partial charge in [0.15, 0.2) is 5.78 Å². The van der Waals surface area contributed by atoms with Crippen molar-refractivity contribution in [2.24, 2.45) is 0 Å². The third-order valence-corrected chi connectivity index (χ3v) is 5.96. The molecule has 0 saturated heterocycles. The third kappa shape index (κ3) is 3.87. The van der Waals surface area contributed by atoms with Gasteiger partial charge in [-0.25, -0.2) is 9.97 Å². The molecule has 0 saturated carbocycles. The van der Waals surface area contributed by atoms with Gasteiger partial charge in [-0.1, -0.05) is 42.5 Å². The average molecular weight is 424 g/mol. The first-order valence-corrected chi connectivity index (χ1v) is 10.7. The first-order chi connectivity index (χ1) is 15.5. The van der Waals surface area contributed by atoms with Crippen molar-refractivity contribution in [1.29, 1.82) is 0 Å². The van der Waals surface area contributed by atoms with Gasteiger partial charge in [-0.05, 0) is 49.1 Å². The van der Waals surface area contributed by atoms with Crippen LogP contribution in [-0.2, 0) is 6.54 Å².